The van der Waals surface area contributed by atoms with Gasteiger partial charge in [-0.05, 0) is 31.9 Å². The number of rotatable bonds is 6. The highest BCUT2D eigenvalue weighted by Gasteiger charge is 2.27. The summed E-state index contributed by atoms with van der Waals surface area (Å²) in [5, 5.41) is 6.12. The van der Waals surface area contributed by atoms with Gasteiger partial charge in [0, 0.05) is 42.0 Å². The van der Waals surface area contributed by atoms with Crippen LogP contribution in [0.15, 0.2) is 43.1 Å². The molecular formula is C23H25Cl2N7OS. The largest absolute Gasteiger partial charge is 0.487 e. The summed E-state index contributed by atoms with van der Waals surface area (Å²) in [5.74, 6) is 1.33. The number of benzene rings is 1. The first-order chi connectivity index (χ1) is 16.1. The Kier molecular flexibility index (Phi) is 7.47. The maximum atomic E-state index is 6.78. The normalized spacial score (nSPS) is 15.5. The van der Waals surface area contributed by atoms with Crippen LogP contribution in [-0.2, 0) is 6.61 Å². The van der Waals surface area contributed by atoms with Crippen molar-refractivity contribution < 1.29 is 4.74 Å². The molecule has 1 aliphatic heterocycles. The average Bonchev–Trinajstić information content (AvgIpc) is 3.51. The van der Waals surface area contributed by atoms with Crippen LogP contribution in [0.25, 0.3) is 16.6 Å². The Morgan fingerprint density at radius 2 is 2.12 bits per heavy atom. The number of ether oxygens (including phenoxy) is 1. The van der Waals surface area contributed by atoms with Crippen LogP contribution in [0, 0.1) is 6.92 Å². The Bertz CT molecular complexity index is 1300. The second kappa shape index (κ2) is 10.4. The number of para-hydroxylation sites is 1. The van der Waals surface area contributed by atoms with E-state index in [1.165, 1.54) is 6.33 Å². The molecule has 3 aromatic heterocycles. The lowest BCUT2D eigenvalue weighted by Crippen LogP contribution is -2.36. The first kappa shape index (κ1) is 24.5. The van der Waals surface area contributed by atoms with E-state index in [4.69, 9.17) is 38.7 Å². The van der Waals surface area contributed by atoms with Crippen molar-refractivity contribution in [1.29, 1.82) is 0 Å². The molecule has 8 nitrogen and oxygen atoms in total. The van der Waals surface area contributed by atoms with Crippen molar-refractivity contribution in [2.45, 2.75) is 32.4 Å². The molecule has 0 unspecified atom stereocenters. The number of anilines is 1. The summed E-state index contributed by atoms with van der Waals surface area (Å²) < 4.78 is 7.93. The number of aromatic nitrogens is 5. The van der Waals surface area contributed by atoms with E-state index in [0.717, 1.165) is 41.7 Å². The molecular weight excluding hydrogens is 493 g/mol. The monoisotopic (exact) mass is 517 g/mol. The van der Waals surface area contributed by atoms with Crippen molar-refractivity contribution in [3.8, 4) is 11.4 Å². The molecule has 0 radical (unpaired) electrons. The lowest BCUT2D eigenvalue weighted by Gasteiger charge is -2.26. The minimum atomic E-state index is 0. The average molecular weight is 518 g/mol. The molecule has 5 rings (SSSR count). The molecule has 0 amide bonds. The molecule has 1 aromatic carbocycles. The molecule has 0 aliphatic carbocycles. The fourth-order valence-electron chi connectivity index (χ4n) is 4.30. The summed E-state index contributed by atoms with van der Waals surface area (Å²) >= 11 is 13.3. The number of halogens is 2. The second-order valence-electron chi connectivity index (χ2n) is 8.01. The van der Waals surface area contributed by atoms with E-state index in [0.29, 0.717) is 33.7 Å². The van der Waals surface area contributed by atoms with Gasteiger partial charge in [-0.3, -0.25) is 0 Å². The predicted molar refractivity (Wildman–Crippen MR) is 140 cm³/mol. The standard InChI is InChI=1S/C23H23Cl2N7O.H2S/c1-14-8-19(32-13-27-12-29-32)16-5-2-6-20(22(16)30-14)33-11-17-18(24)10-28-23(21(17)25)31-7-3-4-15(31)9-26;/h2,5-6,8,10,12-13,15H,3-4,7,9,11,26H2,1H3;1H2/t15-;/m0./s1. The number of hydrogen-bond acceptors (Lipinski definition) is 7. The van der Waals surface area contributed by atoms with E-state index in [2.05, 4.69) is 20.0 Å². The van der Waals surface area contributed by atoms with Crippen LogP contribution in [0.2, 0.25) is 10.0 Å². The minimum Gasteiger partial charge on any atom is -0.487 e. The SMILES string of the molecule is Cc1cc(-n2cncn2)c2cccc(OCc3c(Cl)cnc(N4CCC[C@H]4CN)c3Cl)c2n1.S. The first-order valence-electron chi connectivity index (χ1n) is 10.7. The fraction of sp³-hybridized carbons (Fsp3) is 0.304. The van der Waals surface area contributed by atoms with Gasteiger partial charge in [0.15, 0.2) is 0 Å². The molecule has 4 heterocycles. The van der Waals surface area contributed by atoms with E-state index in [1.807, 2.05) is 31.2 Å². The summed E-state index contributed by atoms with van der Waals surface area (Å²) in [7, 11) is 0. The zero-order chi connectivity index (χ0) is 22.9. The first-order valence-corrected chi connectivity index (χ1v) is 11.5. The molecule has 1 fully saturated rings. The Morgan fingerprint density at radius 3 is 2.88 bits per heavy atom. The van der Waals surface area contributed by atoms with Crippen LogP contribution < -0.4 is 15.4 Å². The number of fused-ring (bicyclic) bond motifs is 1. The van der Waals surface area contributed by atoms with E-state index >= 15 is 0 Å². The fourth-order valence-corrected chi connectivity index (χ4v) is 4.86. The Morgan fingerprint density at radius 1 is 1.26 bits per heavy atom. The van der Waals surface area contributed by atoms with Crippen LogP contribution in [0.1, 0.15) is 24.1 Å². The van der Waals surface area contributed by atoms with Gasteiger partial charge in [0.1, 0.15) is 36.3 Å². The molecule has 178 valence electrons. The summed E-state index contributed by atoms with van der Waals surface area (Å²) in [6, 6.07) is 7.98. The van der Waals surface area contributed by atoms with Crippen LogP contribution in [0.5, 0.6) is 5.75 Å². The zero-order valence-electron chi connectivity index (χ0n) is 18.6. The number of nitrogens with two attached hydrogens (primary N) is 1. The molecule has 1 saturated heterocycles. The van der Waals surface area contributed by atoms with E-state index < -0.39 is 0 Å². The third-order valence-corrected chi connectivity index (χ3v) is 6.64. The van der Waals surface area contributed by atoms with Crippen molar-refractivity contribution in [3.63, 3.8) is 0 Å². The third-order valence-electron chi connectivity index (χ3n) is 5.92. The van der Waals surface area contributed by atoms with Gasteiger partial charge in [0.2, 0.25) is 0 Å². The van der Waals surface area contributed by atoms with E-state index in [9.17, 15) is 0 Å². The Hall–Kier alpha value is -2.59. The van der Waals surface area contributed by atoms with Crippen LogP contribution in [0.3, 0.4) is 0 Å². The van der Waals surface area contributed by atoms with Crippen LogP contribution in [0.4, 0.5) is 5.82 Å². The maximum absolute atomic E-state index is 6.78. The molecule has 1 aliphatic rings. The second-order valence-corrected chi connectivity index (χ2v) is 8.80. The Labute approximate surface area is 214 Å². The number of nitrogens with zero attached hydrogens (tertiary/aromatic N) is 6. The van der Waals surface area contributed by atoms with Gasteiger partial charge in [-0.2, -0.15) is 18.6 Å². The molecule has 1 atom stereocenters. The molecule has 0 bridgehead atoms. The lowest BCUT2D eigenvalue weighted by atomic mass is 10.1. The number of hydrogen-bond donors (Lipinski definition) is 1. The molecule has 0 saturated carbocycles. The topological polar surface area (TPSA) is 95.0 Å². The van der Waals surface area contributed by atoms with Crippen molar-refractivity contribution in [2.24, 2.45) is 5.73 Å². The minimum absolute atomic E-state index is 0. The highest BCUT2D eigenvalue weighted by Crippen LogP contribution is 2.36. The van der Waals surface area contributed by atoms with E-state index in [1.54, 1.807) is 17.2 Å². The summed E-state index contributed by atoms with van der Waals surface area (Å²) in [6.07, 6.45) is 6.87. The summed E-state index contributed by atoms with van der Waals surface area (Å²) in [5.41, 5.74) is 9.08. The highest BCUT2D eigenvalue weighted by molar-refractivity contribution is 7.59. The number of aryl methyl sites for hydroxylation is 1. The summed E-state index contributed by atoms with van der Waals surface area (Å²) in [6.45, 7) is 3.54. The maximum Gasteiger partial charge on any atom is 0.148 e. The highest BCUT2D eigenvalue weighted by atomic mass is 35.5. The van der Waals surface area contributed by atoms with Gasteiger partial charge in [-0.25, -0.2) is 19.6 Å². The van der Waals surface area contributed by atoms with Gasteiger partial charge in [-0.15, -0.1) is 0 Å². The van der Waals surface area contributed by atoms with Gasteiger partial charge < -0.3 is 15.4 Å². The van der Waals surface area contributed by atoms with Crippen molar-refractivity contribution in [3.05, 3.63) is 64.4 Å². The lowest BCUT2D eigenvalue weighted by molar-refractivity contribution is 0.309. The van der Waals surface area contributed by atoms with Crippen molar-refractivity contribution in [1.82, 2.24) is 24.7 Å². The van der Waals surface area contributed by atoms with Crippen molar-refractivity contribution >= 4 is 53.4 Å². The molecule has 4 aromatic rings. The molecule has 0 spiro atoms. The van der Waals surface area contributed by atoms with Gasteiger partial charge in [0.05, 0.1) is 15.7 Å². The van der Waals surface area contributed by atoms with Gasteiger partial charge in [0.25, 0.3) is 0 Å². The van der Waals surface area contributed by atoms with Gasteiger partial charge in [-0.1, -0.05) is 35.3 Å². The van der Waals surface area contributed by atoms with Crippen molar-refractivity contribution in [2.75, 3.05) is 18.0 Å². The van der Waals surface area contributed by atoms with Crippen LogP contribution >= 0.6 is 36.7 Å². The van der Waals surface area contributed by atoms with E-state index in [-0.39, 0.29) is 26.1 Å². The predicted octanol–water partition coefficient (Wildman–Crippen LogP) is 4.45. The van der Waals surface area contributed by atoms with Crippen LogP contribution in [-0.4, -0.2) is 43.9 Å². The summed E-state index contributed by atoms with van der Waals surface area (Å²) in [4.78, 5) is 15.4. The third kappa shape index (κ3) is 4.53. The number of pyridine rings is 2. The molecule has 34 heavy (non-hydrogen) atoms. The Balaban J connectivity index is 0.00000274. The van der Waals surface area contributed by atoms with Gasteiger partial charge >= 0.3 is 0 Å². The molecule has 2 N–H and O–H groups in total. The smallest absolute Gasteiger partial charge is 0.148 e. The zero-order valence-corrected chi connectivity index (χ0v) is 21.1. The molecule has 11 heteroatoms. The quantitative estimate of drug-likeness (QED) is 0.403.